The molecule has 6 nitrogen and oxygen atoms in total. The van der Waals surface area contributed by atoms with Gasteiger partial charge in [-0.25, -0.2) is 0 Å². The van der Waals surface area contributed by atoms with Crippen molar-refractivity contribution >= 4 is 39.8 Å². The largest absolute Gasteiger partial charge is 0.320 e. The number of carbonyl (C=O) groups is 1. The van der Waals surface area contributed by atoms with Gasteiger partial charge in [0.2, 0.25) is 0 Å². The third kappa shape index (κ3) is 4.12. The van der Waals surface area contributed by atoms with Gasteiger partial charge in [-0.2, -0.15) is 0 Å². The minimum atomic E-state index is -0.510. The number of aryl methyl sites for hydroxylation is 1. The number of hydrogen-bond donors (Lipinski definition) is 1. The van der Waals surface area contributed by atoms with Crippen LogP contribution in [0.2, 0.25) is 5.02 Å². The number of rotatable bonds is 3. The normalized spacial score (nSPS) is 16.1. The number of benzene rings is 2. The molecule has 0 radical (unpaired) electrons. The van der Waals surface area contributed by atoms with Crippen molar-refractivity contribution < 1.29 is 9.72 Å². The number of non-ortho nitro benzene ring substituents is 1. The van der Waals surface area contributed by atoms with Crippen molar-refractivity contribution in [3.05, 3.63) is 74.4 Å². The van der Waals surface area contributed by atoms with Crippen molar-refractivity contribution in [3.8, 4) is 0 Å². The highest BCUT2D eigenvalue weighted by Crippen LogP contribution is 2.40. The summed E-state index contributed by atoms with van der Waals surface area (Å²) in [6, 6.07) is 11.6. The minimum absolute atomic E-state index is 0.112. The quantitative estimate of drug-likeness (QED) is 0.390. The van der Waals surface area contributed by atoms with Gasteiger partial charge in [-0.05, 0) is 48.3 Å². The maximum atomic E-state index is 13.5. The number of para-hydroxylation sites is 1. The average molecular weight is 438 g/mol. The molecule has 0 unspecified atom stereocenters. The molecule has 1 aromatic heterocycles. The molecule has 0 saturated carbocycles. The van der Waals surface area contributed by atoms with E-state index in [1.807, 2.05) is 24.3 Å². The monoisotopic (exact) mass is 437 g/mol. The lowest BCUT2D eigenvalue weighted by Crippen LogP contribution is -2.29. The maximum Gasteiger partial charge on any atom is 0.271 e. The van der Waals surface area contributed by atoms with Gasteiger partial charge in [0.15, 0.2) is 0 Å². The number of amides is 1. The van der Waals surface area contributed by atoms with Crippen molar-refractivity contribution in [1.29, 1.82) is 0 Å². The highest BCUT2D eigenvalue weighted by molar-refractivity contribution is 6.34. The molecule has 4 rings (SSSR count). The van der Waals surface area contributed by atoms with Crippen molar-refractivity contribution in [3.63, 3.8) is 0 Å². The fourth-order valence-electron chi connectivity index (χ4n) is 4.29. The Morgan fingerprint density at radius 2 is 1.97 bits per heavy atom. The molecule has 1 amide bonds. The Balaban J connectivity index is 1.82. The number of pyridine rings is 1. The number of nitro groups is 1. The molecular weight excluding hydrogens is 414 g/mol. The fraction of sp³-hybridized carbons (Fsp3) is 0.333. The van der Waals surface area contributed by atoms with Crippen LogP contribution in [0.3, 0.4) is 0 Å². The third-order valence-corrected chi connectivity index (χ3v) is 6.45. The minimum Gasteiger partial charge on any atom is -0.320 e. The van der Waals surface area contributed by atoms with Crippen molar-refractivity contribution in [2.75, 3.05) is 5.32 Å². The van der Waals surface area contributed by atoms with E-state index < -0.39 is 4.92 Å². The Morgan fingerprint density at radius 3 is 2.68 bits per heavy atom. The topological polar surface area (TPSA) is 85.1 Å². The summed E-state index contributed by atoms with van der Waals surface area (Å²) in [6.07, 6.45) is 2.61. The first-order chi connectivity index (χ1) is 14.6. The van der Waals surface area contributed by atoms with E-state index in [1.54, 1.807) is 0 Å². The first kappa shape index (κ1) is 21.2. The van der Waals surface area contributed by atoms with Gasteiger partial charge in [0.05, 0.1) is 26.7 Å². The summed E-state index contributed by atoms with van der Waals surface area (Å²) in [5.41, 5.74) is 3.47. The van der Waals surface area contributed by atoms with Crippen LogP contribution in [0.25, 0.3) is 10.9 Å². The van der Waals surface area contributed by atoms with E-state index in [4.69, 9.17) is 16.6 Å². The molecule has 0 bridgehead atoms. The van der Waals surface area contributed by atoms with Crippen LogP contribution in [-0.2, 0) is 12.8 Å². The molecule has 2 aromatic carbocycles. The molecule has 0 aliphatic heterocycles. The number of nitro benzene ring substituents is 1. The van der Waals surface area contributed by atoms with E-state index in [0.717, 1.165) is 41.4 Å². The van der Waals surface area contributed by atoms with Crippen LogP contribution in [0.4, 0.5) is 11.4 Å². The second-order valence-corrected chi connectivity index (χ2v) is 9.52. The van der Waals surface area contributed by atoms with E-state index in [0.29, 0.717) is 11.5 Å². The maximum absolute atomic E-state index is 13.5. The lowest BCUT2D eigenvalue weighted by molar-refractivity contribution is -0.384. The average Bonchev–Trinajstić information content (AvgIpc) is 2.72. The Labute approximate surface area is 185 Å². The highest BCUT2D eigenvalue weighted by Gasteiger charge is 2.33. The molecule has 7 heteroatoms. The SMILES string of the molecule is CC(C)(C)[C@@H]1CCc2nc3ccccc3c(C(=O)Nc3cc([N+](=O)[O-])ccc3Cl)c2C1. The van der Waals surface area contributed by atoms with Gasteiger partial charge in [0, 0.05) is 23.2 Å². The Bertz CT molecular complexity index is 1200. The molecule has 1 atom stereocenters. The Hall–Kier alpha value is -2.99. The number of nitrogens with one attached hydrogen (secondary N) is 1. The van der Waals surface area contributed by atoms with Gasteiger partial charge in [-0.15, -0.1) is 0 Å². The van der Waals surface area contributed by atoms with Crippen LogP contribution < -0.4 is 5.32 Å². The second kappa shape index (κ2) is 7.93. The molecule has 1 N–H and O–H groups in total. The smallest absolute Gasteiger partial charge is 0.271 e. The third-order valence-electron chi connectivity index (χ3n) is 6.12. The van der Waals surface area contributed by atoms with Crippen molar-refractivity contribution in [1.82, 2.24) is 4.98 Å². The number of nitrogens with zero attached hydrogens (tertiary/aromatic N) is 2. The van der Waals surface area contributed by atoms with Gasteiger partial charge in [-0.1, -0.05) is 50.6 Å². The molecule has 1 heterocycles. The highest BCUT2D eigenvalue weighted by atomic mass is 35.5. The van der Waals surface area contributed by atoms with Crippen LogP contribution in [0.1, 0.15) is 48.8 Å². The van der Waals surface area contributed by atoms with E-state index in [1.165, 1.54) is 18.2 Å². The summed E-state index contributed by atoms with van der Waals surface area (Å²) < 4.78 is 0. The van der Waals surface area contributed by atoms with Gasteiger partial charge >= 0.3 is 0 Å². The van der Waals surface area contributed by atoms with E-state index >= 15 is 0 Å². The molecule has 31 heavy (non-hydrogen) atoms. The van der Waals surface area contributed by atoms with Gasteiger partial charge in [-0.3, -0.25) is 19.9 Å². The Morgan fingerprint density at radius 1 is 1.23 bits per heavy atom. The molecular formula is C24H24ClN3O3. The molecule has 3 aromatic rings. The van der Waals surface area contributed by atoms with Crippen LogP contribution in [-0.4, -0.2) is 15.8 Å². The van der Waals surface area contributed by atoms with Crippen molar-refractivity contribution in [2.24, 2.45) is 11.3 Å². The summed E-state index contributed by atoms with van der Waals surface area (Å²) in [6.45, 7) is 6.67. The lowest BCUT2D eigenvalue weighted by Gasteiger charge is -2.35. The summed E-state index contributed by atoms with van der Waals surface area (Å²) >= 11 is 6.23. The molecule has 1 aliphatic rings. The van der Waals surface area contributed by atoms with Gasteiger partial charge in [0.1, 0.15) is 0 Å². The number of anilines is 1. The second-order valence-electron chi connectivity index (χ2n) is 9.11. The van der Waals surface area contributed by atoms with Gasteiger partial charge < -0.3 is 5.32 Å². The zero-order valence-corrected chi connectivity index (χ0v) is 18.5. The first-order valence-corrected chi connectivity index (χ1v) is 10.7. The molecule has 0 fully saturated rings. The fourth-order valence-corrected chi connectivity index (χ4v) is 4.46. The number of carbonyl (C=O) groups excluding carboxylic acids is 1. The zero-order chi connectivity index (χ0) is 22.3. The standard InChI is InChI=1S/C24H24ClN3O3/c1-24(2,3)14-8-11-20-17(12-14)22(16-6-4-5-7-19(16)26-20)23(29)27-21-13-15(28(30)31)9-10-18(21)25/h4-7,9-10,13-14H,8,11-12H2,1-3H3,(H,27,29)/t14-/m1/s1. The predicted molar refractivity (Wildman–Crippen MR) is 123 cm³/mol. The van der Waals surface area contributed by atoms with E-state index in [-0.39, 0.29) is 27.7 Å². The van der Waals surface area contributed by atoms with Gasteiger partial charge in [0.25, 0.3) is 11.6 Å². The lowest BCUT2D eigenvalue weighted by atomic mass is 9.70. The summed E-state index contributed by atoms with van der Waals surface area (Å²) in [4.78, 5) is 29.0. The first-order valence-electron chi connectivity index (χ1n) is 10.3. The summed E-state index contributed by atoms with van der Waals surface area (Å²) in [5.74, 6) is 0.0997. The predicted octanol–water partition coefficient (Wildman–Crippen LogP) is 6.20. The van der Waals surface area contributed by atoms with Crippen LogP contribution in [0.5, 0.6) is 0 Å². The molecule has 1 aliphatic carbocycles. The van der Waals surface area contributed by atoms with Crippen LogP contribution >= 0.6 is 11.6 Å². The molecule has 160 valence electrons. The number of halogens is 1. The summed E-state index contributed by atoms with van der Waals surface area (Å²) in [7, 11) is 0. The number of aromatic nitrogens is 1. The van der Waals surface area contributed by atoms with E-state index in [9.17, 15) is 14.9 Å². The Kier molecular flexibility index (Phi) is 5.43. The number of hydrogen-bond acceptors (Lipinski definition) is 4. The van der Waals surface area contributed by atoms with Crippen LogP contribution in [0.15, 0.2) is 42.5 Å². The van der Waals surface area contributed by atoms with Crippen LogP contribution in [0, 0.1) is 21.4 Å². The van der Waals surface area contributed by atoms with E-state index in [2.05, 4.69) is 26.1 Å². The zero-order valence-electron chi connectivity index (χ0n) is 17.7. The molecule has 0 saturated heterocycles. The molecule has 0 spiro atoms. The van der Waals surface area contributed by atoms with Crippen molar-refractivity contribution in [2.45, 2.75) is 40.0 Å². The summed E-state index contributed by atoms with van der Waals surface area (Å²) in [5, 5.41) is 15.0. The number of fused-ring (bicyclic) bond motifs is 2.